The van der Waals surface area contributed by atoms with E-state index in [-0.39, 0.29) is 17.3 Å². The predicted molar refractivity (Wildman–Crippen MR) is 73.0 cm³/mol. The fourth-order valence-corrected chi connectivity index (χ4v) is 2.70. The molecule has 0 spiro atoms. The zero-order valence-corrected chi connectivity index (χ0v) is 11.8. The quantitative estimate of drug-likeness (QED) is 0.763. The molecule has 0 N–H and O–H groups in total. The molecule has 0 aromatic heterocycles. The zero-order chi connectivity index (χ0) is 14.0. The van der Waals surface area contributed by atoms with Crippen LogP contribution in [0, 0.1) is 17.2 Å². The number of halogens is 1. The van der Waals surface area contributed by atoms with Crippen molar-refractivity contribution in [1.82, 2.24) is 0 Å². The number of carbonyl (C=O) groups is 1. The molecule has 1 aliphatic rings. The minimum atomic E-state index is -0.478. The predicted octanol–water partition coefficient (Wildman–Crippen LogP) is 4.23. The summed E-state index contributed by atoms with van der Waals surface area (Å²) in [6.45, 7) is 4.45. The maximum absolute atomic E-state index is 13.9. The molecule has 2 nitrogen and oxygen atoms in total. The first kappa shape index (κ1) is 14.0. The van der Waals surface area contributed by atoms with Gasteiger partial charge in [0.2, 0.25) is 0 Å². The molecular formula is C16H21FO2. The van der Waals surface area contributed by atoms with E-state index in [4.69, 9.17) is 4.74 Å². The summed E-state index contributed by atoms with van der Waals surface area (Å²) in [5.74, 6) is -0.125. The highest BCUT2D eigenvalue weighted by Gasteiger charge is 2.31. The largest absolute Gasteiger partial charge is 0.497 e. The first-order valence-electron chi connectivity index (χ1n) is 6.81. The van der Waals surface area contributed by atoms with Crippen molar-refractivity contribution in [1.29, 1.82) is 0 Å². The fourth-order valence-electron chi connectivity index (χ4n) is 2.70. The number of benzene rings is 1. The maximum Gasteiger partial charge on any atom is 0.168 e. The molecule has 1 aromatic carbocycles. The third kappa shape index (κ3) is 3.14. The molecule has 0 unspecified atom stereocenters. The summed E-state index contributed by atoms with van der Waals surface area (Å²) >= 11 is 0. The Morgan fingerprint density at radius 3 is 2.47 bits per heavy atom. The van der Waals surface area contributed by atoms with Crippen LogP contribution in [0.4, 0.5) is 4.39 Å². The first-order valence-corrected chi connectivity index (χ1v) is 6.81. The van der Waals surface area contributed by atoms with Crippen LogP contribution >= 0.6 is 0 Å². The van der Waals surface area contributed by atoms with Crippen LogP contribution in [0.5, 0.6) is 5.75 Å². The highest BCUT2D eigenvalue weighted by Crippen LogP contribution is 2.39. The SMILES string of the molecule is COc1ccc(C(=O)C2CCC(C)(C)CC2)c(F)c1. The highest BCUT2D eigenvalue weighted by atomic mass is 19.1. The molecule has 3 heteroatoms. The number of Topliss-reactive ketones (excluding diaryl/α,β-unsaturated/α-hetero) is 1. The normalized spacial score (nSPS) is 19.2. The molecule has 1 aliphatic carbocycles. The van der Waals surface area contributed by atoms with Crippen LogP contribution in [0.1, 0.15) is 49.9 Å². The Kier molecular flexibility index (Phi) is 3.93. The molecule has 0 heterocycles. The van der Waals surface area contributed by atoms with E-state index in [0.29, 0.717) is 11.2 Å². The minimum absolute atomic E-state index is 0.0316. The van der Waals surface area contributed by atoms with Crippen molar-refractivity contribution in [3.8, 4) is 5.75 Å². The van der Waals surface area contributed by atoms with Gasteiger partial charge in [-0.05, 0) is 43.2 Å². The third-order valence-corrected chi connectivity index (χ3v) is 4.15. The van der Waals surface area contributed by atoms with E-state index in [1.165, 1.54) is 19.2 Å². The lowest BCUT2D eigenvalue weighted by Gasteiger charge is -2.33. The standard InChI is InChI=1S/C16H21FO2/c1-16(2)8-6-11(7-9-16)15(18)13-5-4-12(19-3)10-14(13)17/h4-5,10-11H,6-9H2,1-3H3. The molecule has 2 rings (SSSR count). The summed E-state index contributed by atoms with van der Waals surface area (Å²) < 4.78 is 18.8. The van der Waals surface area contributed by atoms with Gasteiger partial charge in [-0.25, -0.2) is 4.39 Å². The van der Waals surface area contributed by atoms with E-state index >= 15 is 0 Å². The van der Waals surface area contributed by atoms with Gasteiger partial charge in [0.1, 0.15) is 11.6 Å². The number of hydrogen-bond acceptors (Lipinski definition) is 2. The molecule has 0 amide bonds. The van der Waals surface area contributed by atoms with Gasteiger partial charge in [-0.1, -0.05) is 13.8 Å². The Hall–Kier alpha value is -1.38. The fraction of sp³-hybridized carbons (Fsp3) is 0.562. The Morgan fingerprint density at radius 1 is 1.32 bits per heavy atom. The van der Waals surface area contributed by atoms with Gasteiger partial charge in [-0.2, -0.15) is 0 Å². The summed E-state index contributed by atoms with van der Waals surface area (Å²) in [4.78, 5) is 12.4. The molecule has 0 saturated heterocycles. The van der Waals surface area contributed by atoms with Crippen LogP contribution < -0.4 is 4.74 Å². The van der Waals surface area contributed by atoms with Crippen LogP contribution in [0.15, 0.2) is 18.2 Å². The van der Waals surface area contributed by atoms with Gasteiger partial charge in [0.15, 0.2) is 5.78 Å². The lowest BCUT2D eigenvalue weighted by molar-refractivity contribution is 0.0834. The van der Waals surface area contributed by atoms with Gasteiger partial charge in [0, 0.05) is 12.0 Å². The number of ketones is 1. The molecule has 19 heavy (non-hydrogen) atoms. The van der Waals surface area contributed by atoms with E-state index in [1.54, 1.807) is 6.07 Å². The van der Waals surface area contributed by atoms with Crippen LogP contribution in [0.2, 0.25) is 0 Å². The summed E-state index contributed by atoms with van der Waals surface area (Å²) in [6, 6.07) is 4.46. The van der Waals surface area contributed by atoms with E-state index in [0.717, 1.165) is 25.7 Å². The van der Waals surface area contributed by atoms with Crippen LogP contribution in [-0.4, -0.2) is 12.9 Å². The average molecular weight is 264 g/mol. The highest BCUT2D eigenvalue weighted by molar-refractivity contribution is 5.98. The number of carbonyl (C=O) groups excluding carboxylic acids is 1. The summed E-state index contributed by atoms with van der Waals surface area (Å²) in [7, 11) is 1.49. The molecule has 0 aliphatic heterocycles. The van der Waals surface area contributed by atoms with E-state index < -0.39 is 5.82 Å². The summed E-state index contributed by atoms with van der Waals surface area (Å²) in [5, 5.41) is 0. The monoisotopic (exact) mass is 264 g/mol. The van der Waals surface area contributed by atoms with E-state index in [9.17, 15) is 9.18 Å². The van der Waals surface area contributed by atoms with Gasteiger partial charge in [-0.15, -0.1) is 0 Å². The molecule has 0 radical (unpaired) electrons. The van der Waals surface area contributed by atoms with Crippen LogP contribution in [-0.2, 0) is 0 Å². The number of ether oxygens (including phenoxy) is 1. The molecule has 0 bridgehead atoms. The molecule has 1 fully saturated rings. The number of hydrogen-bond donors (Lipinski definition) is 0. The van der Waals surface area contributed by atoms with Crippen molar-refractivity contribution in [3.05, 3.63) is 29.6 Å². The zero-order valence-electron chi connectivity index (χ0n) is 11.8. The van der Waals surface area contributed by atoms with Crippen LogP contribution in [0.3, 0.4) is 0 Å². The van der Waals surface area contributed by atoms with Gasteiger partial charge in [0.05, 0.1) is 12.7 Å². The van der Waals surface area contributed by atoms with Crippen molar-refractivity contribution in [3.63, 3.8) is 0 Å². The topological polar surface area (TPSA) is 26.3 Å². The van der Waals surface area contributed by atoms with Crippen molar-refractivity contribution in [2.75, 3.05) is 7.11 Å². The lowest BCUT2D eigenvalue weighted by atomic mass is 9.71. The Morgan fingerprint density at radius 2 is 1.95 bits per heavy atom. The average Bonchev–Trinajstić information content (AvgIpc) is 2.37. The second-order valence-corrected chi connectivity index (χ2v) is 6.15. The van der Waals surface area contributed by atoms with E-state index in [2.05, 4.69) is 13.8 Å². The van der Waals surface area contributed by atoms with Gasteiger partial charge >= 0.3 is 0 Å². The Balaban J connectivity index is 2.12. The van der Waals surface area contributed by atoms with Crippen molar-refractivity contribution >= 4 is 5.78 Å². The molecule has 0 atom stereocenters. The first-order chi connectivity index (χ1) is 8.93. The summed E-state index contributed by atoms with van der Waals surface area (Å²) in [5.41, 5.74) is 0.514. The maximum atomic E-state index is 13.9. The van der Waals surface area contributed by atoms with E-state index in [1.807, 2.05) is 0 Å². The third-order valence-electron chi connectivity index (χ3n) is 4.15. The number of rotatable bonds is 3. The van der Waals surface area contributed by atoms with Crippen molar-refractivity contribution in [2.24, 2.45) is 11.3 Å². The molecule has 104 valence electrons. The smallest absolute Gasteiger partial charge is 0.168 e. The van der Waals surface area contributed by atoms with Crippen molar-refractivity contribution < 1.29 is 13.9 Å². The second-order valence-electron chi connectivity index (χ2n) is 6.15. The molecule has 1 aromatic rings. The van der Waals surface area contributed by atoms with Gasteiger partial charge < -0.3 is 4.74 Å². The second kappa shape index (κ2) is 5.32. The number of methoxy groups -OCH3 is 1. The molecule has 1 saturated carbocycles. The Bertz CT molecular complexity index is 470. The minimum Gasteiger partial charge on any atom is -0.497 e. The Labute approximate surface area is 114 Å². The lowest BCUT2D eigenvalue weighted by Crippen LogP contribution is -2.26. The summed E-state index contributed by atoms with van der Waals surface area (Å²) in [6.07, 6.45) is 3.77. The van der Waals surface area contributed by atoms with Gasteiger partial charge in [-0.3, -0.25) is 4.79 Å². The van der Waals surface area contributed by atoms with Crippen LogP contribution in [0.25, 0.3) is 0 Å². The van der Waals surface area contributed by atoms with Crippen molar-refractivity contribution in [2.45, 2.75) is 39.5 Å². The molecular weight excluding hydrogens is 243 g/mol. The van der Waals surface area contributed by atoms with Gasteiger partial charge in [0.25, 0.3) is 0 Å².